The average Bonchev–Trinajstić information content (AvgIpc) is 3.58. The molecule has 0 spiro atoms. The second-order valence-electron chi connectivity index (χ2n) is 11.8. The van der Waals surface area contributed by atoms with Crippen LogP contribution in [0, 0.1) is 11.6 Å². The van der Waals surface area contributed by atoms with Gasteiger partial charge in [-0.3, -0.25) is 0 Å². The van der Waals surface area contributed by atoms with Crippen molar-refractivity contribution in [3.63, 3.8) is 0 Å². The first-order valence-electron chi connectivity index (χ1n) is 14.6. The minimum absolute atomic E-state index is 0.00330. The number of benzene rings is 1. The molecule has 1 aliphatic heterocycles. The van der Waals surface area contributed by atoms with Crippen LogP contribution in [-0.4, -0.2) is 97.0 Å². The van der Waals surface area contributed by atoms with Crippen LogP contribution in [0.5, 0.6) is 0 Å². The molecule has 6 atom stereocenters. The van der Waals surface area contributed by atoms with E-state index in [0.29, 0.717) is 29.3 Å². The number of nitrogens with two attached hydrogens (primary N) is 1. The molecule has 3 aliphatic rings. The average molecular weight is 659 g/mol. The van der Waals surface area contributed by atoms with Crippen LogP contribution < -0.4 is 15.4 Å². The number of hydrogen-bond donors (Lipinski definition) is 3. The van der Waals surface area contributed by atoms with Gasteiger partial charge in [0, 0.05) is 25.8 Å². The lowest BCUT2D eigenvalue weighted by atomic mass is 10.1. The number of fused-ring (bicyclic) bond motifs is 1. The molecule has 1 aromatic heterocycles. The summed E-state index contributed by atoms with van der Waals surface area (Å²) in [6, 6.07) is 2.58. The van der Waals surface area contributed by atoms with E-state index in [1.807, 2.05) is 20.8 Å². The Morgan fingerprint density at radius 3 is 2.57 bits per heavy atom. The second kappa shape index (κ2) is 12.8. The van der Waals surface area contributed by atoms with Crippen LogP contribution in [0.25, 0.3) is 0 Å². The Hall–Kier alpha value is -2.34. The van der Waals surface area contributed by atoms with Crippen molar-refractivity contribution in [2.75, 3.05) is 48.4 Å². The van der Waals surface area contributed by atoms with Crippen molar-refractivity contribution in [1.82, 2.24) is 14.3 Å². The molecule has 3 fully saturated rings. The third-order valence-electron chi connectivity index (χ3n) is 7.85. The van der Waals surface area contributed by atoms with Gasteiger partial charge in [0.05, 0.1) is 31.4 Å². The Bertz CT molecular complexity index is 1470. The van der Waals surface area contributed by atoms with Gasteiger partial charge in [0.25, 0.3) is 0 Å². The van der Waals surface area contributed by atoms with Gasteiger partial charge in [-0.25, -0.2) is 23.1 Å². The summed E-state index contributed by atoms with van der Waals surface area (Å²) in [5, 5.41) is 13.0. The molecule has 244 valence electrons. The topological polar surface area (TPSA) is 152 Å². The van der Waals surface area contributed by atoms with Gasteiger partial charge in [0.2, 0.25) is 0 Å². The zero-order chi connectivity index (χ0) is 32.0. The minimum atomic E-state index is -4.14. The molecule has 2 heterocycles. The normalized spacial score (nSPS) is 27.5. The van der Waals surface area contributed by atoms with Crippen LogP contribution in [0.4, 0.5) is 26.1 Å². The summed E-state index contributed by atoms with van der Waals surface area (Å²) in [6.07, 6.45) is 0.450. The molecule has 5 rings (SSSR count). The standard InChI is InChI=1S/C28H40F2N6O6S2/c1-6-11-43-27-33-25(32-19-14-21(40-10-9-37)24-23(19)41-28(2,3)42-24)22(31)26(34-27)36(44(38,39)35(4)5)20-13-16(20)15-7-8-17(29)18(30)12-15/h7-8,12,16,19-21,23-24,37H,6,9-11,13-14,31H2,1-5H3,(H,32,33,34)/t16-,19+,20+,21-,23-,24+/m0/s1. The highest BCUT2D eigenvalue weighted by Gasteiger charge is 2.55. The predicted octanol–water partition coefficient (Wildman–Crippen LogP) is 3.09. The number of nitrogens with one attached hydrogen (secondary N) is 1. The summed E-state index contributed by atoms with van der Waals surface area (Å²) in [5.41, 5.74) is 7.18. The van der Waals surface area contributed by atoms with E-state index in [1.54, 1.807) is 0 Å². The summed E-state index contributed by atoms with van der Waals surface area (Å²) < 4.78 is 75.8. The van der Waals surface area contributed by atoms with E-state index >= 15 is 0 Å². The highest BCUT2D eigenvalue weighted by molar-refractivity contribution is 7.99. The number of rotatable bonds is 13. The summed E-state index contributed by atoms with van der Waals surface area (Å²) in [6.45, 7) is 5.63. The fourth-order valence-corrected chi connectivity index (χ4v) is 7.73. The molecule has 16 heteroatoms. The van der Waals surface area contributed by atoms with Gasteiger partial charge in [0.15, 0.2) is 34.2 Å². The molecule has 2 saturated carbocycles. The Labute approximate surface area is 260 Å². The lowest BCUT2D eigenvalue weighted by Crippen LogP contribution is -2.43. The second-order valence-corrected chi connectivity index (χ2v) is 14.9. The number of aliphatic hydroxyl groups is 1. The van der Waals surface area contributed by atoms with Crippen LogP contribution >= 0.6 is 11.8 Å². The van der Waals surface area contributed by atoms with Crippen molar-refractivity contribution >= 4 is 39.3 Å². The molecular formula is C28H40F2N6O6S2. The SMILES string of the molecule is CCCSc1nc(N[C@@H]2C[C@H](OCCO)[C@H]3OC(C)(C)O[C@H]32)c(N)c(N([C@@H]2C[C@H]2c2ccc(F)c(F)c2)S(=O)(=O)N(C)C)n1. The number of nitrogens with zero attached hydrogens (tertiary/aromatic N) is 4. The highest BCUT2D eigenvalue weighted by atomic mass is 32.2. The molecule has 0 unspecified atom stereocenters. The van der Waals surface area contributed by atoms with Crippen molar-refractivity contribution in [1.29, 1.82) is 0 Å². The van der Waals surface area contributed by atoms with E-state index in [4.69, 9.17) is 19.9 Å². The van der Waals surface area contributed by atoms with E-state index in [-0.39, 0.29) is 42.7 Å². The van der Waals surface area contributed by atoms with Gasteiger partial charge in [-0.1, -0.05) is 24.8 Å². The molecule has 44 heavy (non-hydrogen) atoms. The summed E-state index contributed by atoms with van der Waals surface area (Å²) in [5.74, 6) is -2.33. The third kappa shape index (κ3) is 6.62. The van der Waals surface area contributed by atoms with E-state index < -0.39 is 51.8 Å². The van der Waals surface area contributed by atoms with Gasteiger partial charge >= 0.3 is 10.2 Å². The Kier molecular flexibility index (Phi) is 9.62. The van der Waals surface area contributed by atoms with Crippen molar-refractivity contribution in [2.45, 2.75) is 87.3 Å². The number of nitrogen functional groups attached to an aromatic ring is 1. The van der Waals surface area contributed by atoms with Gasteiger partial charge < -0.3 is 30.4 Å². The maximum atomic E-state index is 14.1. The van der Waals surface area contributed by atoms with Crippen molar-refractivity contribution in [3.8, 4) is 0 Å². The predicted molar refractivity (Wildman–Crippen MR) is 163 cm³/mol. The number of ether oxygens (including phenoxy) is 3. The zero-order valence-electron chi connectivity index (χ0n) is 25.4. The van der Waals surface area contributed by atoms with E-state index in [0.717, 1.165) is 22.9 Å². The molecule has 2 aromatic rings. The summed E-state index contributed by atoms with van der Waals surface area (Å²) in [4.78, 5) is 9.30. The van der Waals surface area contributed by atoms with Crippen LogP contribution in [-0.2, 0) is 24.4 Å². The largest absolute Gasteiger partial charge is 0.394 e. The minimum Gasteiger partial charge on any atom is -0.394 e. The lowest BCUT2D eigenvalue weighted by molar-refractivity contribution is -0.167. The Morgan fingerprint density at radius 2 is 1.91 bits per heavy atom. The first-order valence-corrected chi connectivity index (χ1v) is 17.0. The maximum absolute atomic E-state index is 14.1. The summed E-state index contributed by atoms with van der Waals surface area (Å²) >= 11 is 1.36. The molecule has 12 nitrogen and oxygen atoms in total. The summed E-state index contributed by atoms with van der Waals surface area (Å²) in [7, 11) is -1.32. The van der Waals surface area contributed by atoms with Crippen LogP contribution in [0.2, 0.25) is 0 Å². The van der Waals surface area contributed by atoms with Gasteiger partial charge in [0.1, 0.15) is 17.9 Å². The highest BCUT2D eigenvalue weighted by Crippen LogP contribution is 2.50. The number of aromatic nitrogens is 2. The third-order valence-corrected chi connectivity index (χ3v) is 10.8. The first-order chi connectivity index (χ1) is 20.8. The lowest BCUT2D eigenvalue weighted by Gasteiger charge is -2.29. The molecule has 1 saturated heterocycles. The Morgan fingerprint density at radius 1 is 1.18 bits per heavy atom. The molecule has 0 bridgehead atoms. The Balaban J connectivity index is 1.53. The van der Waals surface area contributed by atoms with Crippen molar-refractivity contribution in [3.05, 3.63) is 35.4 Å². The number of thioether (sulfide) groups is 1. The smallest absolute Gasteiger partial charge is 0.305 e. The van der Waals surface area contributed by atoms with Gasteiger partial charge in [-0.05, 0) is 50.8 Å². The van der Waals surface area contributed by atoms with Crippen LogP contribution in [0.1, 0.15) is 51.5 Å². The zero-order valence-corrected chi connectivity index (χ0v) is 27.0. The molecule has 1 aromatic carbocycles. The number of anilines is 3. The van der Waals surface area contributed by atoms with Gasteiger partial charge in [-0.15, -0.1) is 0 Å². The van der Waals surface area contributed by atoms with Crippen molar-refractivity contribution < 1.29 is 36.5 Å². The van der Waals surface area contributed by atoms with Crippen molar-refractivity contribution in [2.24, 2.45) is 0 Å². The molecular weight excluding hydrogens is 618 g/mol. The van der Waals surface area contributed by atoms with E-state index in [1.165, 1.54) is 36.2 Å². The molecule has 0 amide bonds. The van der Waals surface area contributed by atoms with E-state index in [9.17, 15) is 22.3 Å². The van der Waals surface area contributed by atoms with Crippen LogP contribution in [0.15, 0.2) is 23.4 Å². The fraction of sp³-hybridized carbons (Fsp3) is 0.643. The monoisotopic (exact) mass is 658 g/mol. The van der Waals surface area contributed by atoms with Crippen LogP contribution in [0.3, 0.4) is 0 Å². The number of aliphatic hydroxyl groups excluding tert-OH is 1. The molecule has 2 aliphatic carbocycles. The molecule has 4 N–H and O–H groups in total. The maximum Gasteiger partial charge on any atom is 0.305 e. The number of hydrogen-bond acceptors (Lipinski definition) is 11. The van der Waals surface area contributed by atoms with E-state index in [2.05, 4.69) is 15.3 Å². The fourth-order valence-electron chi connectivity index (χ4n) is 5.75. The van der Waals surface area contributed by atoms with Gasteiger partial charge in [-0.2, -0.15) is 12.7 Å². The quantitative estimate of drug-likeness (QED) is 0.215. The first kappa shape index (κ1) is 33.0. The number of halogens is 2. The molecule has 0 radical (unpaired) electrons.